The topological polar surface area (TPSA) is 50.8 Å². The molecule has 1 atom stereocenters. The highest BCUT2D eigenvalue weighted by Crippen LogP contribution is 2.32. The molecule has 1 aliphatic heterocycles. The highest BCUT2D eigenvalue weighted by molar-refractivity contribution is 7.93. The molecular weight excluding hydrogens is 418 g/mol. The molecule has 1 unspecified atom stereocenters. The van der Waals surface area contributed by atoms with E-state index in [2.05, 4.69) is 26.7 Å². The van der Waals surface area contributed by atoms with E-state index in [4.69, 9.17) is 16.3 Å². The van der Waals surface area contributed by atoms with Crippen molar-refractivity contribution in [3.8, 4) is 0 Å². The van der Waals surface area contributed by atoms with E-state index in [0.717, 1.165) is 59.8 Å². The highest BCUT2D eigenvalue weighted by Gasteiger charge is 2.19. The number of hydrogen-bond acceptors (Lipinski definition) is 5. The molecule has 3 aromatic rings. The third kappa shape index (κ3) is 4.68. The molecule has 1 fully saturated rings. The third-order valence-electron chi connectivity index (χ3n) is 5.29. The summed E-state index contributed by atoms with van der Waals surface area (Å²) in [5.41, 5.74) is 2.90. The molecule has 30 heavy (non-hydrogen) atoms. The standard InChI is InChI=1S/C23H26ClN3O2S/c1-26(2)22-7-3-6-19-18(22)5-4-8-23(19)30(28)25-21-10-9-17(15-20(21)24)16-27-11-13-29-14-12-27/h3-10,15,25H,11-14,16H2,1-2H3. The van der Waals surface area contributed by atoms with Crippen LogP contribution in [0, 0.1) is 0 Å². The molecule has 0 bridgehead atoms. The first kappa shape index (κ1) is 21.3. The number of benzene rings is 3. The number of ether oxygens (including phenoxy) is 1. The number of halogens is 1. The van der Waals surface area contributed by atoms with Gasteiger partial charge in [-0.3, -0.25) is 4.90 Å². The van der Waals surface area contributed by atoms with E-state index in [0.29, 0.717) is 10.7 Å². The molecule has 0 aromatic heterocycles. The van der Waals surface area contributed by atoms with Crippen molar-refractivity contribution in [3.63, 3.8) is 0 Å². The molecule has 3 aromatic carbocycles. The van der Waals surface area contributed by atoms with E-state index >= 15 is 0 Å². The molecule has 0 amide bonds. The molecule has 1 saturated heterocycles. The van der Waals surface area contributed by atoms with Gasteiger partial charge in [-0.15, -0.1) is 0 Å². The summed E-state index contributed by atoms with van der Waals surface area (Å²) >= 11 is 5.08. The maximum absolute atomic E-state index is 13.2. The van der Waals surface area contributed by atoms with Crippen LogP contribution in [0.1, 0.15) is 5.56 Å². The lowest BCUT2D eigenvalue weighted by atomic mass is 10.1. The van der Waals surface area contributed by atoms with Crippen molar-refractivity contribution in [1.82, 2.24) is 4.90 Å². The van der Waals surface area contributed by atoms with Crippen LogP contribution in [-0.2, 0) is 22.6 Å². The second-order valence-electron chi connectivity index (χ2n) is 7.60. The van der Waals surface area contributed by atoms with Crippen LogP contribution < -0.4 is 9.62 Å². The molecule has 0 spiro atoms. The Morgan fingerprint density at radius 1 is 1.07 bits per heavy atom. The SMILES string of the molecule is CN(C)c1cccc2c([S+]([O-])Nc3ccc(CN4CCOCC4)cc3Cl)cccc12. The maximum Gasteiger partial charge on any atom is 0.187 e. The molecule has 1 N–H and O–H groups in total. The first-order valence-electron chi connectivity index (χ1n) is 9.99. The fraction of sp³-hybridized carbons (Fsp3) is 0.304. The van der Waals surface area contributed by atoms with Crippen molar-refractivity contribution >= 4 is 45.1 Å². The molecule has 0 radical (unpaired) electrons. The second-order valence-corrected chi connectivity index (χ2v) is 9.18. The number of rotatable bonds is 6. The predicted octanol–water partition coefficient (Wildman–Crippen LogP) is 4.53. The van der Waals surface area contributed by atoms with Crippen LogP contribution in [0.25, 0.3) is 10.8 Å². The Balaban J connectivity index is 1.54. The van der Waals surface area contributed by atoms with Gasteiger partial charge in [0.05, 0.1) is 18.2 Å². The smallest absolute Gasteiger partial charge is 0.187 e. The first-order valence-corrected chi connectivity index (χ1v) is 11.5. The van der Waals surface area contributed by atoms with Gasteiger partial charge in [-0.2, -0.15) is 0 Å². The van der Waals surface area contributed by atoms with Gasteiger partial charge in [0, 0.05) is 50.2 Å². The zero-order chi connectivity index (χ0) is 21.1. The van der Waals surface area contributed by atoms with E-state index in [1.807, 2.05) is 56.6 Å². The van der Waals surface area contributed by atoms with Gasteiger partial charge in [0.2, 0.25) is 0 Å². The van der Waals surface area contributed by atoms with E-state index < -0.39 is 11.4 Å². The minimum atomic E-state index is -1.43. The van der Waals surface area contributed by atoms with Crippen molar-refractivity contribution in [2.75, 3.05) is 50.0 Å². The van der Waals surface area contributed by atoms with Gasteiger partial charge in [0.15, 0.2) is 4.90 Å². The summed E-state index contributed by atoms with van der Waals surface area (Å²) in [6.45, 7) is 4.23. The van der Waals surface area contributed by atoms with Crippen LogP contribution in [0.4, 0.5) is 11.4 Å². The summed E-state index contributed by atoms with van der Waals surface area (Å²) in [7, 11) is 4.02. The zero-order valence-corrected chi connectivity index (χ0v) is 18.8. The lowest BCUT2D eigenvalue weighted by molar-refractivity contribution is 0.0342. The van der Waals surface area contributed by atoms with Gasteiger partial charge in [0.1, 0.15) is 17.0 Å². The first-order chi connectivity index (χ1) is 14.5. The molecular formula is C23H26ClN3O2S. The minimum Gasteiger partial charge on any atom is -0.588 e. The summed E-state index contributed by atoms with van der Waals surface area (Å²) in [4.78, 5) is 5.15. The second kappa shape index (κ2) is 9.45. The van der Waals surface area contributed by atoms with E-state index in [1.165, 1.54) is 0 Å². The molecule has 4 rings (SSSR count). The largest absolute Gasteiger partial charge is 0.588 e. The summed E-state index contributed by atoms with van der Waals surface area (Å²) in [6.07, 6.45) is 0. The quantitative estimate of drug-likeness (QED) is 0.567. The molecule has 1 aliphatic rings. The number of fused-ring (bicyclic) bond motifs is 1. The van der Waals surface area contributed by atoms with Crippen molar-refractivity contribution in [2.45, 2.75) is 11.4 Å². The fourth-order valence-corrected chi connectivity index (χ4v) is 5.10. The Morgan fingerprint density at radius 3 is 2.53 bits per heavy atom. The Morgan fingerprint density at radius 2 is 1.80 bits per heavy atom. The number of hydrogen-bond donors (Lipinski definition) is 1. The summed E-state index contributed by atoms with van der Waals surface area (Å²) < 4.78 is 21.7. The van der Waals surface area contributed by atoms with Crippen LogP contribution in [0.3, 0.4) is 0 Å². The van der Waals surface area contributed by atoms with Crippen LogP contribution in [0.15, 0.2) is 59.5 Å². The molecule has 7 heteroatoms. The van der Waals surface area contributed by atoms with E-state index in [-0.39, 0.29) is 0 Å². The van der Waals surface area contributed by atoms with E-state index in [9.17, 15) is 4.55 Å². The fourth-order valence-electron chi connectivity index (χ4n) is 3.73. The van der Waals surface area contributed by atoms with Crippen molar-refractivity contribution in [1.29, 1.82) is 0 Å². The molecule has 158 valence electrons. The lowest BCUT2D eigenvalue weighted by Crippen LogP contribution is -2.35. The van der Waals surface area contributed by atoms with Crippen LogP contribution in [0.5, 0.6) is 0 Å². The molecule has 0 aliphatic carbocycles. The number of nitrogens with one attached hydrogen (secondary N) is 1. The van der Waals surface area contributed by atoms with Crippen molar-refractivity contribution in [3.05, 3.63) is 65.2 Å². The monoisotopic (exact) mass is 443 g/mol. The maximum atomic E-state index is 13.2. The highest BCUT2D eigenvalue weighted by atomic mass is 35.5. The van der Waals surface area contributed by atoms with Gasteiger partial charge in [-0.25, -0.2) is 4.72 Å². The number of nitrogens with zero attached hydrogens (tertiary/aromatic N) is 2. The predicted molar refractivity (Wildman–Crippen MR) is 126 cm³/mol. The molecule has 5 nitrogen and oxygen atoms in total. The van der Waals surface area contributed by atoms with Crippen molar-refractivity contribution < 1.29 is 9.29 Å². The Labute approximate surface area is 185 Å². The average molecular weight is 444 g/mol. The third-order valence-corrected chi connectivity index (χ3v) is 6.76. The van der Waals surface area contributed by atoms with Gasteiger partial charge < -0.3 is 14.2 Å². The van der Waals surface area contributed by atoms with Crippen LogP contribution in [0.2, 0.25) is 5.02 Å². The van der Waals surface area contributed by atoms with Crippen LogP contribution in [-0.4, -0.2) is 49.9 Å². The number of morpholine rings is 1. The minimum absolute atomic E-state index is 0.573. The van der Waals surface area contributed by atoms with Gasteiger partial charge in [-0.05, 0) is 35.9 Å². The Bertz CT molecular complexity index is 1020. The zero-order valence-electron chi connectivity index (χ0n) is 17.2. The lowest BCUT2D eigenvalue weighted by Gasteiger charge is -2.26. The summed E-state index contributed by atoms with van der Waals surface area (Å²) in [5, 5.41) is 2.61. The summed E-state index contributed by atoms with van der Waals surface area (Å²) in [6, 6.07) is 17.8. The Hall–Kier alpha value is -1.96. The average Bonchev–Trinajstić information content (AvgIpc) is 2.75. The summed E-state index contributed by atoms with van der Waals surface area (Å²) in [5.74, 6) is 0. The Kier molecular flexibility index (Phi) is 6.71. The normalized spacial score (nSPS) is 15.9. The van der Waals surface area contributed by atoms with Crippen molar-refractivity contribution in [2.24, 2.45) is 0 Å². The number of anilines is 2. The van der Waals surface area contributed by atoms with Gasteiger partial charge in [0.25, 0.3) is 0 Å². The van der Waals surface area contributed by atoms with E-state index in [1.54, 1.807) is 0 Å². The molecule has 1 heterocycles. The molecule has 0 saturated carbocycles. The van der Waals surface area contributed by atoms with Gasteiger partial charge in [-0.1, -0.05) is 35.9 Å². The van der Waals surface area contributed by atoms with Crippen LogP contribution >= 0.6 is 11.6 Å². The van der Waals surface area contributed by atoms with Gasteiger partial charge >= 0.3 is 0 Å².